The van der Waals surface area contributed by atoms with Gasteiger partial charge in [0, 0.05) is 5.56 Å². The molecule has 1 aliphatic rings. The second-order valence-corrected chi connectivity index (χ2v) is 5.91. The summed E-state index contributed by atoms with van der Waals surface area (Å²) in [5, 5.41) is 0. The van der Waals surface area contributed by atoms with Crippen LogP contribution in [0.4, 0.5) is 0 Å². The van der Waals surface area contributed by atoms with Gasteiger partial charge in [0.15, 0.2) is 0 Å². The lowest BCUT2D eigenvalue weighted by Gasteiger charge is -2.13. The van der Waals surface area contributed by atoms with Crippen LogP contribution in [-0.4, -0.2) is 11.0 Å². The molecule has 1 heterocycles. The molecule has 3 heteroatoms. The van der Waals surface area contributed by atoms with Gasteiger partial charge in [0.2, 0.25) is 0 Å². The summed E-state index contributed by atoms with van der Waals surface area (Å²) in [7, 11) is 0. The highest BCUT2D eigenvalue weighted by Gasteiger charge is 2.28. The maximum absolute atomic E-state index is 12.3. The molecule has 3 nitrogen and oxygen atoms in total. The smallest absolute Gasteiger partial charge is 0.338 e. The van der Waals surface area contributed by atoms with Crippen LogP contribution in [0.3, 0.4) is 0 Å². The lowest BCUT2D eigenvalue weighted by atomic mass is 10.1. The molecular formula is C21H17NO2. The number of rotatable bonds is 3. The first-order chi connectivity index (χ1) is 11.8. The van der Waals surface area contributed by atoms with E-state index < -0.39 is 0 Å². The number of aryl methyl sites for hydroxylation is 1. The second kappa shape index (κ2) is 6.28. The van der Waals surface area contributed by atoms with Gasteiger partial charge >= 0.3 is 5.97 Å². The molecule has 0 unspecified atom stereocenters. The highest BCUT2D eigenvalue weighted by molar-refractivity contribution is 5.89. The van der Waals surface area contributed by atoms with E-state index in [-0.39, 0.29) is 12.1 Å². The summed E-state index contributed by atoms with van der Waals surface area (Å²) in [5.74, 6) is -0.291. The van der Waals surface area contributed by atoms with Crippen LogP contribution >= 0.6 is 0 Å². The topological polar surface area (TPSA) is 39.2 Å². The van der Waals surface area contributed by atoms with Gasteiger partial charge in [-0.1, -0.05) is 54.6 Å². The fourth-order valence-electron chi connectivity index (χ4n) is 3.07. The maximum Gasteiger partial charge on any atom is 0.338 e. The van der Waals surface area contributed by atoms with Crippen molar-refractivity contribution in [1.82, 2.24) is 4.98 Å². The molecular weight excluding hydrogens is 298 g/mol. The Morgan fingerprint density at radius 3 is 2.38 bits per heavy atom. The standard InChI is InChI=1S/C21H17NO2/c23-21(17-9-5-2-6-10-17)24-19-14-12-16-11-13-18(22-20(16)19)15-7-3-1-4-8-15/h1-11,13,19H,12,14H2/t19-/m1/s1. The van der Waals surface area contributed by atoms with Crippen LogP contribution in [-0.2, 0) is 11.2 Å². The Bertz CT molecular complexity index is 860. The SMILES string of the molecule is O=C(O[C@@H]1CCc2ccc(-c3ccccc3)nc21)c1ccccc1. The predicted molar refractivity (Wildman–Crippen MR) is 92.6 cm³/mol. The van der Waals surface area contributed by atoms with Crippen molar-refractivity contribution < 1.29 is 9.53 Å². The largest absolute Gasteiger partial charge is 0.452 e. The number of ether oxygens (including phenoxy) is 1. The average Bonchev–Trinajstić information content (AvgIpc) is 3.05. The molecule has 2 aromatic carbocycles. The Morgan fingerprint density at radius 1 is 0.917 bits per heavy atom. The summed E-state index contributed by atoms with van der Waals surface area (Å²) >= 11 is 0. The highest BCUT2D eigenvalue weighted by Crippen LogP contribution is 2.34. The number of hydrogen-bond acceptors (Lipinski definition) is 3. The number of carbonyl (C=O) groups excluding carboxylic acids is 1. The van der Waals surface area contributed by atoms with E-state index in [0.29, 0.717) is 5.56 Å². The molecule has 1 aliphatic carbocycles. The molecule has 4 rings (SSSR count). The maximum atomic E-state index is 12.3. The van der Waals surface area contributed by atoms with Crippen LogP contribution in [0.25, 0.3) is 11.3 Å². The van der Waals surface area contributed by atoms with Crippen LogP contribution in [0.5, 0.6) is 0 Å². The van der Waals surface area contributed by atoms with Gasteiger partial charge in [-0.05, 0) is 36.6 Å². The highest BCUT2D eigenvalue weighted by atomic mass is 16.5. The molecule has 24 heavy (non-hydrogen) atoms. The zero-order valence-electron chi connectivity index (χ0n) is 13.2. The normalized spacial score (nSPS) is 15.8. The molecule has 1 atom stereocenters. The van der Waals surface area contributed by atoms with Gasteiger partial charge in [-0.3, -0.25) is 0 Å². The zero-order valence-corrected chi connectivity index (χ0v) is 13.2. The Morgan fingerprint density at radius 2 is 1.62 bits per heavy atom. The van der Waals surface area contributed by atoms with Gasteiger partial charge in [0.05, 0.1) is 17.0 Å². The molecule has 0 spiro atoms. The molecule has 0 radical (unpaired) electrons. The Hall–Kier alpha value is -2.94. The van der Waals surface area contributed by atoms with Crippen molar-refractivity contribution in [1.29, 1.82) is 0 Å². The Labute approximate surface area is 140 Å². The number of fused-ring (bicyclic) bond motifs is 1. The third-order valence-corrected chi connectivity index (χ3v) is 4.32. The van der Waals surface area contributed by atoms with Gasteiger partial charge < -0.3 is 4.74 Å². The monoisotopic (exact) mass is 315 g/mol. The van der Waals surface area contributed by atoms with E-state index in [2.05, 4.69) is 6.07 Å². The van der Waals surface area contributed by atoms with Crippen molar-refractivity contribution in [2.75, 3.05) is 0 Å². The van der Waals surface area contributed by atoms with Crippen LogP contribution in [0.1, 0.15) is 34.1 Å². The Kier molecular flexibility index (Phi) is 3.83. The van der Waals surface area contributed by atoms with E-state index in [9.17, 15) is 4.79 Å². The molecule has 1 aromatic heterocycles. The lowest BCUT2D eigenvalue weighted by Crippen LogP contribution is -2.10. The molecule has 0 amide bonds. The lowest BCUT2D eigenvalue weighted by molar-refractivity contribution is 0.0293. The summed E-state index contributed by atoms with van der Waals surface area (Å²) in [4.78, 5) is 17.1. The number of aromatic nitrogens is 1. The molecule has 3 aromatic rings. The molecule has 118 valence electrons. The Balaban J connectivity index is 1.60. The van der Waals surface area contributed by atoms with E-state index in [1.807, 2.05) is 54.6 Å². The summed E-state index contributed by atoms with van der Waals surface area (Å²) < 4.78 is 5.71. The van der Waals surface area contributed by atoms with Gasteiger partial charge in [-0.2, -0.15) is 0 Å². The van der Waals surface area contributed by atoms with E-state index in [0.717, 1.165) is 29.8 Å². The van der Waals surface area contributed by atoms with Crippen molar-refractivity contribution in [3.8, 4) is 11.3 Å². The van der Waals surface area contributed by atoms with E-state index >= 15 is 0 Å². The van der Waals surface area contributed by atoms with Crippen LogP contribution < -0.4 is 0 Å². The van der Waals surface area contributed by atoms with Crippen molar-refractivity contribution in [2.24, 2.45) is 0 Å². The fourth-order valence-corrected chi connectivity index (χ4v) is 3.07. The molecule has 0 N–H and O–H groups in total. The number of carbonyl (C=O) groups is 1. The van der Waals surface area contributed by atoms with E-state index in [1.165, 1.54) is 5.56 Å². The summed E-state index contributed by atoms with van der Waals surface area (Å²) in [6.45, 7) is 0. The number of esters is 1. The summed E-state index contributed by atoms with van der Waals surface area (Å²) in [5.41, 5.74) is 4.61. The fraction of sp³-hybridized carbons (Fsp3) is 0.143. The molecule has 0 saturated carbocycles. The number of pyridine rings is 1. The summed E-state index contributed by atoms with van der Waals surface area (Å²) in [6.07, 6.45) is 1.42. The second-order valence-electron chi connectivity index (χ2n) is 5.91. The number of benzene rings is 2. The minimum Gasteiger partial charge on any atom is -0.452 e. The van der Waals surface area contributed by atoms with Gasteiger partial charge in [-0.15, -0.1) is 0 Å². The first kappa shape index (κ1) is 14.6. The zero-order chi connectivity index (χ0) is 16.4. The number of nitrogens with zero attached hydrogens (tertiary/aromatic N) is 1. The first-order valence-electron chi connectivity index (χ1n) is 8.12. The number of hydrogen-bond donors (Lipinski definition) is 0. The molecule has 0 fully saturated rings. The van der Waals surface area contributed by atoms with E-state index in [4.69, 9.17) is 9.72 Å². The predicted octanol–water partition coefficient (Wildman–Crippen LogP) is 4.59. The van der Waals surface area contributed by atoms with Gasteiger partial charge in [-0.25, -0.2) is 9.78 Å². The van der Waals surface area contributed by atoms with Crippen molar-refractivity contribution in [3.63, 3.8) is 0 Å². The van der Waals surface area contributed by atoms with Crippen molar-refractivity contribution in [3.05, 3.63) is 89.6 Å². The van der Waals surface area contributed by atoms with E-state index in [1.54, 1.807) is 12.1 Å². The third kappa shape index (κ3) is 2.81. The van der Waals surface area contributed by atoms with Crippen molar-refractivity contribution in [2.45, 2.75) is 18.9 Å². The van der Waals surface area contributed by atoms with Crippen LogP contribution in [0.2, 0.25) is 0 Å². The molecule has 0 bridgehead atoms. The average molecular weight is 315 g/mol. The van der Waals surface area contributed by atoms with Crippen LogP contribution in [0.15, 0.2) is 72.8 Å². The summed E-state index contributed by atoms with van der Waals surface area (Å²) in [6, 6.07) is 23.3. The minimum atomic E-state index is -0.291. The molecule has 0 saturated heterocycles. The quantitative estimate of drug-likeness (QED) is 0.663. The van der Waals surface area contributed by atoms with Gasteiger partial charge in [0.1, 0.15) is 6.10 Å². The minimum absolute atomic E-state index is 0.267. The third-order valence-electron chi connectivity index (χ3n) is 4.32. The first-order valence-corrected chi connectivity index (χ1v) is 8.12. The van der Waals surface area contributed by atoms with Crippen molar-refractivity contribution >= 4 is 5.97 Å². The van der Waals surface area contributed by atoms with Crippen LogP contribution in [0, 0.1) is 0 Å². The molecule has 0 aliphatic heterocycles. The van der Waals surface area contributed by atoms with Gasteiger partial charge in [0.25, 0.3) is 0 Å².